The lowest BCUT2D eigenvalue weighted by molar-refractivity contribution is -0.140. The predicted octanol–water partition coefficient (Wildman–Crippen LogP) is 0.467. The number of esters is 1. The topological polar surface area (TPSA) is 63.7 Å². The molecule has 90 valence electrons. The maximum Gasteiger partial charge on any atom is 0.320 e. The summed E-state index contributed by atoms with van der Waals surface area (Å²) in [6, 6.07) is 0. The lowest BCUT2D eigenvalue weighted by atomic mass is 10.0. The molecule has 0 saturated heterocycles. The minimum atomic E-state index is -3.39. The van der Waals surface area contributed by atoms with E-state index in [1.54, 1.807) is 0 Å². The Hall–Kier alpha value is -0.620. The summed E-state index contributed by atoms with van der Waals surface area (Å²) in [5.74, 6) is -0.553. The van der Waals surface area contributed by atoms with Gasteiger partial charge in [0.05, 0.1) is 12.9 Å². The highest BCUT2D eigenvalue weighted by Crippen LogP contribution is 2.17. The summed E-state index contributed by atoms with van der Waals surface area (Å²) in [7, 11) is -0.789. The fourth-order valence-electron chi connectivity index (χ4n) is 1.00. The monoisotopic (exact) mass is 237 g/mol. The van der Waals surface area contributed by atoms with Gasteiger partial charge in [0.2, 0.25) is 10.0 Å². The molecule has 0 saturated carbocycles. The Morgan fingerprint density at radius 1 is 1.33 bits per heavy atom. The number of hydrogen-bond acceptors (Lipinski definition) is 4. The maximum atomic E-state index is 11.7. The van der Waals surface area contributed by atoms with Crippen LogP contribution in [0.1, 0.15) is 20.8 Å². The molecule has 0 aromatic rings. The first-order valence-corrected chi connectivity index (χ1v) is 6.20. The second-order valence-electron chi connectivity index (χ2n) is 4.65. The highest BCUT2D eigenvalue weighted by Gasteiger charge is 2.26. The molecular weight excluding hydrogens is 218 g/mol. The summed E-state index contributed by atoms with van der Waals surface area (Å²) >= 11 is 0. The Labute approximate surface area is 91.5 Å². The van der Waals surface area contributed by atoms with E-state index in [1.807, 2.05) is 20.8 Å². The molecule has 0 aliphatic heterocycles. The predicted molar refractivity (Wildman–Crippen MR) is 57.9 cm³/mol. The third-order valence-electron chi connectivity index (χ3n) is 1.67. The summed E-state index contributed by atoms with van der Waals surface area (Å²) in [5, 5.41) is 0. The van der Waals surface area contributed by atoms with E-state index in [0.717, 1.165) is 4.31 Å². The molecule has 0 aromatic heterocycles. The zero-order valence-corrected chi connectivity index (χ0v) is 10.7. The number of ether oxygens (including phenoxy) is 1. The molecule has 0 atom stereocenters. The van der Waals surface area contributed by atoms with Gasteiger partial charge in [0.1, 0.15) is 6.54 Å². The van der Waals surface area contributed by atoms with Crippen LogP contribution in [0.25, 0.3) is 0 Å². The van der Waals surface area contributed by atoms with Crippen LogP contribution in [-0.4, -0.2) is 45.1 Å². The molecule has 0 bridgehead atoms. The van der Waals surface area contributed by atoms with E-state index in [4.69, 9.17) is 0 Å². The molecule has 5 nitrogen and oxygen atoms in total. The number of carbonyl (C=O) groups excluding carboxylic acids is 1. The standard InChI is InChI=1S/C9H19NO4S/c1-9(2,3)7-15(12,13)10(4)6-8(11)14-5/h6-7H2,1-5H3. The van der Waals surface area contributed by atoms with Crippen LogP contribution in [0.2, 0.25) is 0 Å². The van der Waals surface area contributed by atoms with Gasteiger partial charge in [0.15, 0.2) is 0 Å². The van der Waals surface area contributed by atoms with Crippen LogP contribution in [0.5, 0.6) is 0 Å². The van der Waals surface area contributed by atoms with Crippen LogP contribution in [-0.2, 0) is 19.6 Å². The molecule has 0 aliphatic rings. The third kappa shape index (κ3) is 5.74. The van der Waals surface area contributed by atoms with Crippen molar-refractivity contribution in [1.29, 1.82) is 0 Å². The Morgan fingerprint density at radius 3 is 2.13 bits per heavy atom. The molecule has 0 unspecified atom stereocenters. The zero-order chi connectivity index (χ0) is 12.3. The number of hydrogen-bond donors (Lipinski definition) is 0. The Kier molecular flexibility index (Phi) is 4.73. The zero-order valence-electron chi connectivity index (χ0n) is 9.90. The van der Waals surface area contributed by atoms with Crippen molar-refractivity contribution in [3.63, 3.8) is 0 Å². The summed E-state index contributed by atoms with van der Waals surface area (Å²) < 4.78 is 28.9. The van der Waals surface area contributed by atoms with Crippen molar-refractivity contribution in [2.24, 2.45) is 5.41 Å². The van der Waals surface area contributed by atoms with Gasteiger partial charge in [0, 0.05) is 7.05 Å². The number of likely N-dealkylation sites (N-methyl/N-ethyl adjacent to an activating group) is 1. The largest absolute Gasteiger partial charge is 0.468 e. The first kappa shape index (κ1) is 14.4. The van der Waals surface area contributed by atoms with Gasteiger partial charge in [-0.05, 0) is 5.41 Å². The van der Waals surface area contributed by atoms with Crippen LogP contribution in [0.15, 0.2) is 0 Å². The van der Waals surface area contributed by atoms with Gasteiger partial charge >= 0.3 is 5.97 Å². The number of nitrogens with zero attached hydrogens (tertiary/aromatic N) is 1. The Balaban J connectivity index is 4.54. The second-order valence-corrected chi connectivity index (χ2v) is 6.72. The molecule has 0 spiro atoms. The normalized spacial score (nSPS) is 12.9. The van der Waals surface area contributed by atoms with E-state index >= 15 is 0 Å². The molecule has 0 heterocycles. The van der Waals surface area contributed by atoms with Gasteiger partial charge in [-0.1, -0.05) is 20.8 Å². The highest BCUT2D eigenvalue weighted by molar-refractivity contribution is 7.89. The molecule has 0 amide bonds. The van der Waals surface area contributed by atoms with Crippen molar-refractivity contribution < 1.29 is 17.9 Å². The van der Waals surface area contributed by atoms with Gasteiger partial charge in [-0.2, -0.15) is 4.31 Å². The van der Waals surface area contributed by atoms with E-state index in [1.165, 1.54) is 14.2 Å². The van der Waals surface area contributed by atoms with Crippen LogP contribution < -0.4 is 0 Å². The molecule has 0 rings (SSSR count). The minimum absolute atomic E-state index is 0.00743. The van der Waals surface area contributed by atoms with Gasteiger partial charge in [0.25, 0.3) is 0 Å². The Bertz CT molecular complexity index is 315. The molecule has 0 aliphatic carbocycles. The quantitative estimate of drug-likeness (QED) is 0.667. The van der Waals surface area contributed by atoms with E-state index < -0.39 is 16.0 Å². The summed E-state index contributed by atoms with van der Waals surface area (Å²) in [6.45, 7) is 5.25. The summed E-state index contributed by atoms with van der Waals surface area (Å²) in [5.41, 5.74) is -0.330. The van der Waals surface area contributed by atoms with Gasteiger partial charge in [-0.15, -0.1) is 0 Å². The third-order valence-corrected chi connectivity index (χ3v) is 3.98. The lowest BCUT2D eigenvalue weighted by Gasteiger charge is -2.22. The number of rotatable bonds is 4. The van der Waals surface area contributed by atoms with Crippen molar-refractivity contribution in [3.8, 4) is 0 Å². The maximum absolute atomic E-state index is 11.7. The average Bonchev–Trinajstić information content (AvgIpc) is 1.99. The van der Waals surface area contributed by atoms with E-state index in [0.29, 0.717) is 0 Å². The molecule has 0 radical (unpaired) electrons. The first-order valence-electron chi connectivity index (χ1n) is 4.59. The number of methoxy groups -OCH3 is 1. The van der Waals surface area contributed by atoms with Gasteiger partial charge in [-0.3, -0.25) is 4.79 Å². The molecule has 0 aromatic carbocycles. The first-order chi connectivity index (χ1) is 6.58. The lowest BCUT2D eigenvalue weighted by Crippen LogP contribution is -2.37. The SMILES string of the molecule is COC(=O)CN(C)S(=O)(=O)CC(C)(C)C. The second kappa shape index (κ2) is 4.94. The summed E-state index contributed by atoms with van der Waals surface area (Å²) in [4.78, 5) is 10.9. The minimum Gasteiger partial charge on any atom is -0.468 e. The van der Waals surface area contributed by atoms with Crippen LogP contribution in [0.3, 0.4) is 0 Å². The fourth-order valence-corrected chi connectivity index (χ4v) is 2.62. The van der Waals surface area contributed by atoms with E-state index in [2.05, 4.69) is 4.74 Å². The molecule has 0 N–H and O–H groups in total. The molecule has 15 heavy (non-hydrogen) atoms. The molecular formula is C9H19NO4S. The molecule has 6 heteroatoms. The van der Waals surface area contributed by atoms with Crippen LogP contribution >= 0.6 is 0 Å². The Morgan fingerprint density at radius 2 is 1.80 bits per heavy atom. The van der Waals surface area contributed by atoms with E-state index in [-0.39, 0.29) is 17.7 Å². The smallest absolute Gasteiger partial charge is 0.320 e. The van der Waals surface area contributed by atoms with E-state index in [9.17, 15) is 13.2 Å². The average molecular weight is 237 g/mol. The fraction of sp³-hybridized carbons (Fsp3) is 0.889. The van der Waals surface area contributed by atoms with Crippen molar-refractivity contribution in [3.05, 3.63) is 0 Å². The van der Waals surface area contributed by atoms with Crippen LogP contribution in [0, 0.1) is 5.41 Å². The van der Waals surface area contributed by atoms with Crippen LogP contribution in [0.4, 0.5) is 0 Å². The number of carbonyl (C=O) groups is 1. The molecule has 0 fully saturated rings. The summed E-state index contributed by atoms with van der Waals surface area (Å²) in [6.07, 6.45) is 0. The van der Waals surface area contributed by atoms with Gasteiger partial charge < -0.3 is 4.74 Å². The highest BCUT2D eigenvalue weighted by atomic mass is 32.2. The van der Waals surface area contributed by atoms with Crippen molar-refractivity contribution in [2.75, 3.05) is 26.5 Å². The van der Waals surface area contributed by atoms with Crippen molar-refractivity contribution in [1.82, 2.24) is 4.31 Å². The van der Waals surface area contributed by atoms with Crippen molar-refractivity contribution in [2.45, 2.75) is 20.8 Å². The van der Waals surface area contributed by atoms with Crippen molar-refractivity contribution >= 4 is 16.0 Å². The van der Waals surface area contributed by atoms with Gasteiger partial charge in [-0.25, -0.2) is 8.42 Å². The number of sulfonamides is 1.